The normalized spacial score (nSPS) is 21.5. The van der Waals surface area contributed by atoms with Crippen LogP contribution in [0.25, 0.3) is 0 Å². The van der Waals surface area contributed by atoms with Gasteiger partial charge in [0, 0.05) is 65.1 Å². The minimum absolute atomic E-state index is 0.645. The van der Waals surface area contributed by atoms with E-state index in [0.717, 1.165) is 64.9 Å². The molecular formula is C21H35N5O. The highest BCUT2D eigenvalue weighted by Crippen LogP contribution is 2.17. The number of benzene rings is 1. The number of anilines is 1. The van der Waals surface area contributed by atoms with Crippen LogP contribution in [0.2, 0.25) is 0 Å². The zero-order valence-corrected chi connectivity index (χ0v) is 16.9. The first-order valence-corrected chi connectivity index (χ1v) is 10.3. The fourth-order valence-corrected chi connectivity index (χ4v) is 3.99. The van der Waals surface area contributed by atoms with Gasteiger partial charge in [-0.05, 0) is 31.4 Å². The van der Waals surface area contributed by atoms with Gasteiger partial charge in [0.1, 0.15) is 0 Å². The van der Waals surface area contributed by atoms with Gasteiger partial charge in [-0.2, -0.15) is 0 Å². The number of nitrogens with zero attached hydrogens (tertiary/aromatic N) is 4. The van der Waals surface area contributed by atoms with E-state index in [4.69, 9.17) is 4.74 Å². The van der Waals surface area contributed by atoms with E-state index >= 15 is 0 Å². The van der Waals surface area contributed by atoms with Gasteiger partial charge >= 0.3 is 0 Å². The minimum atomic E-state index is 0.645. The van der Waals surface area contributed by atoms with Gasteiger partial charge in [-0.3, -0.25) is 9.89 Å². The highest BCUT2D eigenvalue weighted by molar-refractivity contribution is 5.80. The van der Waals surface area contributed by atoms with Gasteiger partial charge < -0.3 is 19.9 Å². The van der Waals surface area contributed by atoms with Gasteiger partial charge in [-0.25, -0.2) is 0 Å². The van der Waals surface area contributed by atoms with Crippen molar-refractivity contribution in [2.24, 2.45) is 4.99 Å². The Morgan fingerprint density at radius 3 is 2.70 bits per heavy atom. The number of ether oxygens (including phenoxy) is 1. The number of para-hydroxylation sites is 1. The Labute approximate surface area is 164 Å². The van der Waals surface area contributed by atoms with Gasteiger partial charge in [0.15, 0.2) is 5.96 Å². The minimum Gasteiger partial charge on any atom is -0.379 e. The van der Waals surface area contributed by atoms with Crippen LogP contribution in [0.4, 0.5) is 5.69 Å². The number of unbranched alkanes of at least 4 members (excludes halogenated alkanes) is 1. The number of guanidine groups is 1. The molecule has 2 aliphatic heterocycles. The summed E-state index contributed by atoms with van der Waals surface area (Å²) in [6.45, 7) is 8.12. The lowest BCUT2D eigenvalue weighted by Crippen LogP contribution is -2.46. The second kappa shape index (κ2) is 10.5. The Balaban J connectivity index is 1.33. The zero-order chi connectivity index (χ0) is 18.9. The fraction of sp³-hybridized carbons (Fsp3) is 0.667. The molecule has 1 atom stereocenters. The second-order valence-corrected chi connectivity index (χ2v) is 7.48. The van der Waals surface area contributed by atoms with E-state index in [9.17, 15) is 0 Å². The molecule has 0 radical (unpaired) electrons. The van der Waals surface area contributed by atoms with Crippen molar-refractivity contribution in [2.75, 3.05) is 71.5 Å². The molecule has 1 unspecified atom stereocenters. The Kier molecular flexibility index (Phi) is 7.78. The second-order valence-electron chi connectivity index (χ2n) is 7.48. The van der Waals surface area contributed by atoms with E-state index < -0.39 is 0 Å². The maximum Gasteiger partial charge on any atom is 0.193 e. The molecule has 2 heterocycles. The number of aliphatic imine (C=N–C) groups is 1. The highest BCUT2D eigenvalue weighted by Gasteiger charge is 2.30. The lowest BCUT2D eigenvalue weighted by Gasteiger charge is -2.32. The van der Waals surface area contributed by atoms with E-state index in [2.05, 4.69) is 62.4 Å². The molecule has 6 heteroatoms. The summed E-state index contributed by atoms with van der Waals surface area (Å²) in [5.74, 6) is 1.06. The van der Waals surface area contributed by atoms with Crippen molar-refractivity contribution in [3.63, 3.8) is 0 Å². The zero-order valence-electron chi connectivity index (χ0n) is 16.9. The van der Waals surface area contributed by atoms with E-state index in [1.807, 2.05) is 7.05 Å². The number of morpholine rings is 1. The van der Waals surface area contributed by atoms with Crippen LogP contribution >= 0.6 is 0 Å². The molecule has 1 aromatic rings. The Morgan fingerprint density at radius 2 is 1.96 bits per heavy atom. The number of nitrogens with one attached hydrogen (secondary N) is 1. The topological polar surface area (TPSA) is 43.3 Å². The molecule has 0 aliphatic carbocycles. The lowest BCUT2D eigenvalue weighted by molar-refractivity contribution is 0.0195. The van der Waals surface area contributed by atoms with E-state index in [0.29, 0.717) is 6.04 Å². The SMILES string of the molecule is CN=C(NCCCCN(C)c1ccccc1)N1CCC(N2CCOCC2)C1. The molecule has 0 aromatic heterocycles. The molecule has 0 amide bonds. The van der Waals surface area contributed by atoms with Crippen molar-refractivity contribution in [2.45, 2.75) is 25.3 Å². The molecule has 2 fully saturated rings. The largest absolute Gasteiger partial charge is 0.379 e. The van der Waals surface area contributed by atoms with Gasteiger partial charge in [-0.1, -0.05) is 18.2 Å². The average Bonchev–Trinajstić information content (AvgIpc) is 3.22. The predicted octanol–water partition coefficient (Wildman–Crippen LogP) is 1.88. The maximum atomic E-state index is 5.48. The van der Waals surface area contributed by atoms with E-state index in [1.165, 1.54) is 18.5 Å². The molecule has 3 rings (SSSR count). The Bertz CT molecular complexity index is 573. The van der Waals surface area contributed by atoms with Crippen molar-refractivity contribution in [1.29, 1.82) is 0 Å². The Morgan fingerprint density at radius 1 is 1.19 bits per heavy atom. The fourth-order valence-electron chi connectivity index (χ4n) is 3.99. The summed E-state index contributed by atoms with van der Waals surface area (Å²) in [6, 6.07) is 11.2. The Hall–Kier alpha value is -1.79. The number of rotatable bonds is 7. The third-order valence-corrected chi connectivity index (χ3v) is 5.64. The average molecular weight is 374 g/mol. The van der Waals surface area contributed by atoms with Crippen molar-refractivity contribution in [3.05, 3.63) is 30.3 Å². The summed E-state index contributed by atoms with van der Waals surface area (Å²) in [4.78, 5) is 11.8. The molecule has 0 saturated carbocycles. The maximum absolute atomic E-state index is 5.48. The summed E-state index contributed by atoms with van der Waals surface area (Å²) in [6.07, 6.45) is 3.55. The van der Waals surface area contributed by atoms with Crippen molar-refractivity contribution in [1.82, 2.24) is 15.1 Å². The molecule has 0 bridgehead atoms. The van der Waals surface area contributed by atoms with Gasteiger partial charge in [0.05, 0.1) is 13.2 Å². The summed E-state index contributed by atoms with van der Waals surface area (Å²) in [5.41, 5.74) is 1.28. The number of hydrogen-bond donors (Lipinski definition) is 1. The molecule has 150 valence electrons. The van der Waals surface area contributed by atoms with Crippen LogP contribution in [0.5, 0.6) is 0 Å². The summed E-state index contributed by atoms with van der Waals surface area (Å²) in [5, 5.41) is 3.56. The first-order chi connectivity index (χ1) is 13.3. The van der Waals surface area contributed by atoms with Crippen LogP contribution < -0.4 is 10.2 Å². The smallest absolute Gasteiger partial charge is 0.193 e. The van der Waals surface area contributed by atoms with Crippen LogP contribution in [-0.4, -0.2) is 88.4 Å². The third-order valence-electron chi connectivity index (χ3n) is 5.64. The molecule has 2 saturated heterocycles. The summed E-state index contributed by atoms with van der Waals surface area (Å²) >= 11 is 0. The lowest BCUT2D eigenvalue weighted by atomic mass is 10.2. The molecule has 1 N–H and O–H groups in total. The molecule has 27 heavy (non-hydrogen) atoms. The molecule has 0 spiro atoms. The third kappa shape index (κ3) is 5.84. The van der Waals surface area contributed by atoms with Crippen LogP contribution in [0.15, 0.2) is 35.3 Å². The van der Waals surface area contributed by atoms with E-state index in [1.54, 1.807) is 0 Å². The van der Waals surface area contributed by atoms with E-state index in [-0.39, 0.29) is 0 Å². The van der Waals surface area contributed by atoms with Gasteiger partial charge in [0.25, 0.3) is 0 Å². The first kappa shape index (κ1) is 20.0. The number of hydrogen-bond acceptors (Lipinski definition) is 4. The molecule has 6 nitrogen and oxygen atoms in total. The molecular weight excluding hydrogens is 338 g/mol. The van der Waals surface area contributed by atoms with Crippen LogP contribution in [0.1, 0.15) is 19.3 Å². The highest BCUT2D eigenvalue weighted by atomic mass is 16.5. The standard InChI is InChI=1S/C21H35N5O/c1-22-21(26-13-10-20(18-26)25-14-16-27-17-15-25)23-11-6-7-12-24(2)19-8-4-3-5-9-19/h3-5,8-9,20H,6-7,10-18H2,1-2H3,(H,22,23). The summed E-state index contributed by atoms with van der Waals surface area (Å²) in [7, 11) is 4.06. The number of likely N-dealkylation sites (tertiary alicyclic amines) is 1. The monoisotopic (exact) mass is 373 g/mol. The summed E-state index contributed by atoms with van der Waals surface area (Å²) < 4.78 is 5.48. The van der Waals surface area contributed by atoms with Gasteiger partial charge in [0.2, 0.25) is 0 Å². The van der Waals surface area contributed by atoms with Crippen molar-refractivity contribution >= 4 is 11.6 Å². The van der Waals surface area contributed by atoms with Crippen molar-refractivity contribution in [3.8, 4) is 0 Å². The van der Waals surface area contributed by atoms with Crippen LogP contribution in [0, 0.1) is 0 Å². The first-order valence-electron chi connectivity index (χ1n) is 10.3. The van der Waals surface area contributed by atoms with Crippen LogP contribution in [-0.2, 0) is 4.74 Å². The molecule has 2 aliphatic rings. The quantitative estimate of drug-likeness (QED) is 0.449. The van der Waals surface area contributed by atoms with Crippen LogP contribution in [0.3, 0.4) is 0 Å². The predicted molar refractivity (Wildman–Crippen MR) is 113 cm³/mol. The molecule has 1 aromatic carbocycles. The van der Waals surface area contributed by atoms with Crippen molar-refractivity contribution < 1.29 is 4.74 Å². The van der Waals surface area contributed by atoms with Gasteiger partial charge in [-0.15, -0.1) is 0 Å².